The summed E-state index contributed by atoms with van der Waals surface area (Å²) in [6.45, 7) is 3.67. The van der Waals surface area contributed by atoms with Gasteiger partial charge in [-0.1, -0.05) is 19.4 Å². The van der Waals surface area contributed by atoms with E-state index < -0.39 is 0 Å². The number of carbonyl (C=O) groups is 1. The molecule has 0 bridgehead atoms. The Morgan fingerprint density at radius 2 is 2.00 bits per heavy atom. The highest BCUT2D eigenvalue weighted by Gasteiger charge is 2.79. The van der Waals surface area contributed by atoms with Gasteiger partial charge in [0.25, 0.3) is 0 Å². The second-order valence-electron chi connectivity index (χ2n) is 9.69. The molecule has 4 aliphatic carbocycles. The van der Waals surface area contributed by atoms with E-state index in [0.717, 1.165) is 71.0 Å². The number of allylic oxidation sites excluding steroid dienone is 1. The molecular weight excluding hydrogens is 328 g/mol. The Balaban J connectivity index is 1.35. The topological polar surface area (TPSA) is 48.1 Å². The van der Waals surface area contributed by atoms with E-state index in [1.807, 2.05) is 0 Å². The fourth-order valence-corrected chi connectivity index (χ4v) is 7.82. The van der Waals surface area contributed by atoms with Gasteiger partial charge in [0.15, 0.2) is 5.79 Å². The Kier molecular flexibility index (Phi) is 3.13. The van der Waals surface area contributed by atoms with Crippen molar-refractivity contribution in [2.45, 2.75) is 88.1 Å². The van der Waals surface area contributed by atoms with Crippen LogP contribution in [0.15, 0.2) is 11.6 Å². The van der Waals surface area contributed by atoms with Gasteiger partial charge in [-0.3, -0.25) is 4.79 Å². The molecule has 2 aliphatic heterocycles. The molecule has 4 nitrogen and oxygen atoms in total. The molecule has 0 aromatic heterocycles. The first-order chi connectivity index (χ1) is 12.6. The second kappa shape index (κ2) is 5.01. The van der Waals surface area contributed by atoms with Gasteiger partial charge in [-0.25, -0.2) is 0 Å². The van der Waals surface area contributed by atoms with Crippen molar-refractivity contribution in [1.82, 2.24) is 0 Å². The van der Waals surface area contributed by atoms with Crippen molar-refractivity contribution < 1.29 is 19.0 Å². The zero-order valence-electron chi connectivity index (χ0n) is 15.9. The molecule has 6 rings (SSSR count). The fraction of sp³-hybridized carbons (Fsp3) is 0.864. The Labute approximate surface area is 155 Å². The smallest absolute Gasteiger partial charge is 0.171 e. The molecule has 0 radical (unpaired) electrons. The highest BCUT2D eigenvalue weighted by atomic mass is 16.7. The molecule has 4 unspecified atom stereocenters. The van der Waals surface area contributed by atoms with Gasteiger partial charge in [0.05, 0.1) is 13.2 Å². The van der Waals surface area contributed by atoms with Gasteiger partial charge in [0.1, 0.15) is 17.0 Å². The minimum Gasteiger partial charge on any atom is -0.358 e. The standard InChI is InChI=1S/C22H30O4/c1-2-7-19-8-6-17-15(16(19)3-4-18(19)23)5-9-20-14-21(24-12-13-25-21)10-11-22(17,20)26-20/h6,15-16H,2-5,7-14H2,1H3/t15?,16?,19-,20?,22?/m0/s1. The highest BCUT2D eigenvalue weighted by molar-refractivity contribution is 5.88. The van der Waals surface area contributed by atoms with Crippen molar-refractivity contribution in [2.75, 3.05) is 13.2 Å². The van der Waals surface area contributed by atoms with Gasteiger partial charge in [0, 0.05) is 24.7 Å². The molecule has 4 heteroatoms. The summed E-state index contributed by atoms with van der Waals surface area (Å²) in [6.07, 6.45) is 12.6. The number of ketones is 1. The Hall–Kier alpha value is -0.710. The summed E-state index contributed by atoms with van der Waals surface area (Å²) in [5, 5.41) is 0. The number of carbonyl (C=O) groups excluding carboxylic acids is 1. The number of rotatable bonds is 2. The van der Waals surface area contributed by atoms with Crippen LogP contribution in [0.3, 0.4) is 0 Å². The molecule has 26 heavy (non-hydrogen) atoms. The molecule has 2 saturated heterocycles. The molecule has 3 saturated carbocycles. The van der Waals surface area contributed by atoms with Gasteiger partial charge in [0.2, 0.25) is 0 Å². The number of hydrogen-bond donors (Lipinski definition) is 0. The van der Waals surface area contributed by atoms with Crippen LogP contribution in [0.5, 0.6) is 0 Å². The van der Waals surface area contributed by atoms with Crippen LogP contribution in [0.25, 0.3) is 0 Å². The monoisotopic (exact) mass is 358 g/mol. The molecule has 1 spiro atoms. The minimum absolute atomic E-state index is 0.0503. The first-order valence-electron chi connectivity index (χ1n) is 10.8. The predicted molar refractivity (Wildman–Crippen MR) is 95.5 cm³/mol. The fourth-order valence-electron chi connectivity index (χ4n) is 7.82. The van der Waals surface area contributed by atoms with E-state index in [-0.39, 0.29) is 22.4 Å². The maximum atomic E-state index is 12.8. The number of epoxide rings is 1. The third-order valence-electron chi connectivity index (χ3n) is 8.83. The van der Waals surface area contributed by atoms with Gasteiger partial charge in [-0.05, 0) is 55.9 Å². The summed E-state index contributed by atoms with van der Waals surface area (Å²) in [7, 11) is 0. The molecule has 0 N–H and O–H groups in total. The van der Waals surface area contributed by atoms with E-state index in [9.17, 15) is 4.79 Å². The molecule has 5 atom stereocenters. The van der Waals surface area contributed by atoms with E-state index in [1.165, 1.54) is 6.42 Å². The molecule has 0 aromatic rings. The van der Waals surface area contributed by atoms with Crippen LogP contribution in [0.1, 0.15) is 71.1 Å². The average Bonchev–Trinajstić information content (AvgIpc) is 2.92. The highest BCUT2D eigenvalue weighted by Crippen LogP contribution is 2.73. The van der Waals surface area contributed by atoms with Crippen LogP contribution >= 0.6 is 0 Å². The van der Waals surface area contributed by atoms with Crippen molar-refractivity contribution in [3.8, 4) is 0 Å². The van der Waals surface area contributed by atoms with Crippen molar-refractivity contribution in [1.29, 1.82) is 0 Å². The second-order valence-corrected chi connectivity index (χ2v) is 9.69. The third kappa shape index (κ3) is 1.75. The quantitative estimate of drug-likeness (QED) is 0.554. The zero-order chi connectivity index (χ0) is 17.6. The Morgan fingerprint density at radius 3 is 2.81 bits per heavy atom. The maximum absolute atomic E-state index is 12.8. The van der Waals surface area contributed by atoms with Crippen LogP contribution in [0.4, 0.5) is 0 Å². The molecule has 2 heterocycles. The van der Waals surface area contributed by atoms with Crippen molar-refractivity contribution in [3.05, 3.63) is 11.6 Å². The maximum Gasteiger partial charge on any atom is 0.171 e. The lowest BCUT2D eigenvalue weighted by Gasteiger charge is -2.49. The lowest BCUT2D eigenvalue weighted by molar-refractivity contribution is -0.185. The SMILES string of the molecule is CCC[C@]12CC=C3C(CCC45CC6(CCC34O5)OCCO6)C1CCC2=O. The molecule has 142 valence electrons. The summed E-state index contributed by atoms with van der Waals surface area (Å²) >= 11 is 0. The number of Topliss-reactive ketones (excluding diaryl/α,β-unsaturated/α-hetero) is 1. The van der Waals surface area contributed by atoms with Crippen LogP contribution in [-0.2, 0) is 19.0 Å². The van der Waals surface area contributed by atoms with E-state index in [0.29, 0.717) is 17.6 Å². The summed E-state index contributed by atoms with van der Waals surface area (Å²) in [6, 6.07) is 0. The third-order valence-corrected chi connectivity index (χ3v) is 8.83. The predicted octanol–water partition coefficient (Wildman–Crippen LogP) is 3.93. The van der Waals surface area contributed by atoms with Crippen LogP contribution in [0.2, 0.25) is 0 Å². The van der Waals surface area contributed by atoms with E-state index in [2.05, 4.69) is 13.0 Å². The molecular formula is C22H30O4. The summed E-state index contributed by atoms with van der Waals surface area (Å²) < 4.78 is 18.7. The lowest BCUT2D eigenvalue weighted by Crippen LogP contribution is -2.52. The van der Waals surface area contributed by atoms with Gasteiger partial charge in [-0.2, -0.15) is 0 Å². The number of ether oxygens (including phenoxy) is 3. The Bertz CT molecular complexity index is 692. The van der Waals surface area contributed by atoms with Crippen molar-refractivity contribution in [2.24, 2.45) is 17.3 Å². The van der Waals surface area contributed by atoms with E-state index in [4.69, 9.17) is 14.2 Å². The van der Waals surface area contributed by atoms with Gasteiger partial charge < -0.3 is 14.2 Å². The average molecular weight is 358 g/mol. The van der Waals surface area contributed by atoms with Crippen LogP contribution in [0, 0.1) is 17.3 Å². The molecule has 5 fully saturated rings. The van der Waals surface area contributed by atoms with E-state index >= 15 is 0 Å². The Morgan fingerprint density at radius 1 is 1.15 bits per heavy atom. The summed E-state index contributed by atoms with van der Waals surface area (Å²) in [5.74, 6) is 1.29. The number of fused-ring (bicyclic) bond motifs is 3. The first-order valence-corrected chi connectivity index (χ1v) is 10.8. The van der Waals surface area contributed by atoms with Crippen LogP contribution < -0.4 is 0 Å². The van der Waals surface area contributed by atoms with Gasteiger partial charge >= 0.3 is 0 Å². The zero-order valence-corrected chi connectivity index (χ0v) is 15.9. The lowest BCUT2D eigenvalue weighted by atomic mass is 9.53. The largest absolute Gasteiger partial charge is 0.358 e. The number of hydrogen-bond acceptors (Lipinski definition) is 4. The normalized spacial score (nSPS) is 50.7. The summed E-state index contributed by atoms with van der Waals surface area (Å²) in [5.41, 5.74) is 1.40. The molecule has 6 aliphatic rings. The van der Waals surface area contributed by atoms with E-state index in [1.54, 1.807) is 5.57 Å². The molecule has 0 aromatic carbocycles. The molecule has 0 amide bonds. The summed E-state index contributed by atoms with van der Waals surface area (Å²) in [4.78, 5) is 12.8. The van der Waals surface area contributed by atoms with Crippen LogP contribution in [-0.4, -0.2) is 36.0 Å². The first kappa shape index (κ1) is 16.3. The van der Waals surface area contributed by atoms with Crippen molar-refractivity contribution in [3.63, 3.8) is 0 Å². The van der Waals surface area contributed by atoms with Crippen molar-refractivity contribution >= 4 is 5.78 Å². The minimum atomic E-state index is -0.378. The van der Waals surface area contributed by atoms with Gasteiger partial charge in [-0.15, -0.1) is 0 Å².